The molecule has 0 radical (unpaired) electrons. The maximum absolute atomic E-state index is 4.53. The highest BCUT2D eigenvalue weighted by atomic mass is 15.3. The summed E-state index contributed by atoms with van der Waals surface area (Å²) in [5.41, 5.74) is 3.50. The number of allylic oxidation sites excluding steroid dienone is 1. The lowest BCUT2D eigenvalue weighted by Gasteiger charge is -2.07. The lowest BCUT2D eigenvalue weighted by molar-refractivity contribution is 0.546. The molecule has 1 N–H and O–H groups in total. The largest absolute Gasteiger partial charge is 0.309 e. The lowest BCUT2D eigenvalue weighted by Crippen LogP contribution is -2.15. The Labute approximate surface area is 114 Å². The van der Waals surface area contributed by atoms with E-state index in [1.54, 1.807) is 0 Å². The van der Waals surface area contributed by atoms with Gasteiger partial charge in [-0.05, 0) is 39.3 Å². The van der Waals surface area contributed by atoms with Gasteiger partial charge < -0.3 is 5.32 Å². The number of hydrogen-bond donors (Lipinski definition) is 1. The molecule has 0 bridgehead atoms. The SMILES string of the molecule is C/C=C(\C)CNCc1cnc2c(cnn2C(C)C)c1. The average molecular weight is 258 g/mol. The molecule has 0 saturated heterocycles. The Hall–Kier alpha value is -1.68. The Kier molecular flexibility index (Phi) is 4.32. The minimum Gasteiger partial charge on any atom is -0.309 e. The first-order valence-electron chi connectivity index (χ1n) is 6.76. The molecule has 102 valence electrons. The molecule has 0 unspecified atom stereocenters. The van der Waals surface area contributed by atoms with E-state index in [0.29, 0.717) is 6.04 Å². The zero-order valence-corrected chi connectivity index (χ0v) is 12.1. The molecule has 4 nitrogen and oxygen atoms in total. The van der Waals surface area contributed by atoms with E-state index >= 15 is 0 Å². The molecular formula is C15H22N4. The van der Waals surface area contributed by atoms with Crippen LogP contribution in [0.3, 0.4) is 0 Å². The minimum atomic E-state index is 0.339. The summed E-state index contributed by atoms with van der Waals surface area (Å²) >= 11 is 0. The highest BCUT2D eigenvalue weighted by Crippen LogP contribution is 2.16. The third kappa shape index (κ3) is 3.20. The Morgan fingerprint density at radius 1 is 1.42 bits per heavy atom. The predicted molar refractivity (Wildman–Crippen MR) is 79.1 cm³/mol. The van der Waals surface area contributed by atoms with Crippen molar-refractivity contribution in [3.05, 3.63) is 35.7 Å². The lowest BCUT2D eigenvalue weighted by atomic mass is 10.2. The van der Waals surface area contributed by atoms with Crippen LogP contribution < -0.4 is 5.32 Å². The molecule has 2 rings (SSSR count). The van der Waals surface area contributed by atoms with Gasteiger partial charge in [-0.3, -0.25) is 0 Å². The number of pyridine rings is 1. The summed E-state index contributed by atoms with van der Waals surface area (Å²) < 4.78 is 1.95. The highest BCUT2D eigenvalue weighted by molar-refractivity contribution is 5.75. The Balaban J connectivity index is 2.10. The van der Waals surface area contributed by atoms with E-state index in [9.17, 15) is 0 Å². The summed E-state index contributed by atoms with van der Waals surface area (Å²) in [6.07, 6.45) is 5.95. The van der Waals surface area contributed by atoms with Crippen molar-refractivity contribution in [1.29, 1.82) is 0 Å². The monoisotopic (exact) mass is 258 g/mol. The van der Waals surface area contributed by atoms with Gasteiger partial charge in [-0.1, -0.05) is 11.6 Å². The number of nitrogens with one attached hydrogen (secondary N) is 1. The van der Waals surface area contributed by atoms with Crippen molar-refractivity contribution in [3.8, 4) is 0 Å². The second kappa shape index (κ2) is 5.97. The number of nitrogens with zero attached hydrogens (tertiary/aromatic N) is 3. The van der Waals surface area contributed by atoms with Gasteiger partial charge in [0.15, 0.2) is 5.65 Å². The standard InChI is InChI=1S/C15H22N4/c1-5-12(4)7-16-8-13-6-14-10-18-19(11(2)3)15(14)17-9-13/h5-6,9-11,16H,7-8H2,1-4H3/b12-5+. The van der Waals surface area contributed by atoms with Crippen molar-refractivity contribution in [3.63, 3.8) is 0 Å². The van der Waals surface area contributed by atoms with E-state index in [1.807, 2.05) is 17.1 Å². The molecule has 0 atom stereocenters. The summed E-state index contributed by atoms with van der Waals surface area (Å²) in [6, 6.07) is 2.50. The maximum atomic E-state index is 4.53. The first-order valence-corrected chi connectivity index (χ1v) is 6.76. The fraction of sp³-hybridized carbons (Fsp3) is 0.467. The number of aromatic nitrogens is 3. The van der Waals surface area contributed by atoms with Gasteiger partial charge in [-0.25, -0.2) is 9.67 Å². The van der Waals surface area contributed by atoms with Gasteiger partial charge in [0.2, 0.25) is 0 Å². The van der Waals surface area contributed by atoms with E-state index in [-0.39, 0.29) is 0 Å². The van der Waals surface area contributed by atoms with Crippen molar-refractivity contribution in [2.24, 2.45) is 0 Å². The van der Waals surface area contributed by atoms with Gasteiger partial charge in [-0.15, -0.1) is 0 Å². The van der Waals surface area contributed by atoms with Crippen LogP contribution >= 0.6 is 0 Å². The smallest absolute Gasteiger partial charge is 0.157 e. The third-order valence-corrected chi connectivity index (χ3v) is 3.20. The van der Waals surface area contributed by atoms with Crippen LogP contribution in [0, 0.1) is 0 Å². The van der Waals surface area contributed by atoms with E-state index in [1.165, 1.54) is 11.1 Å². The molecule has 0 saturated carbocycles. The Bertz CT molecular complexity index is 581. The van der Waals surface area contributed by atoms with E-state index in [4.69, 9.17) is 0 Å². The Morgan fingerprint density at radius 2 is 2.21 bits per heavy atom. The minimum absolute atomic E-state index is 0.339. The van der Waals surface area contributed by atoms with Gasteiger partial charge in [-0.2, -0.15) is 5.10 Å². The molecule has 0 spiro atoms. The first-order chi connectivity index (χ1) is 9.11. The van der Waals surface area contributed by atoms with Crippen LogP contribution in [-0.4, -0.2) is 21.3 Å². The van der Waals surface area contributed by atoms with Crippen molar-refractivity contribution >= 4 is 11.0 Å². The van der Waals surface area contributed by atoms with Crippen LogP contribution in [0.15, 0.2) is 30.1 Å². The van der Waals surface area contributed by atoms with Gasteiger partial charge in [0.25, 0.3) is 0 Å². The van der Waals surface area contributed by atoms with Gasteiger partial charge >= 0.3 is 0 Å². The second-order valence-corrected chi connectivity index (χ2v) is 5.18. The summed E-state index contributed by atoms with van der Waals surface area (Å²) in [5.74, 6) is 0. The number of fused-ring (bicyclic) bond motifs is 1. The molecule has 0 aromatic carbocycles. The normalized spacial score (nSPS) is 12.6. The van der Waals surface area contributed by atoms with Gasteiger partial charge in [0, 0.05) is 30.7 Å². The summed E-state index contributed by atoms with van der Waals surface area (Å²) in [7, 11) is 0. The van der Waals surface area contributed by atoms with Crippen molar-refractivity contribution in [2.45, 2.75) is 40.3 Å². The third-order valence-electron chi connectivity index (χ3n) is 3.20. The van der Waals surface area contributed by atoms with Crippen molar-refractivity contribution in [2.75, 3.05) is 6.54 Å². The summed E-state index contributed by atoms with van der Waals surface area (Å²) in [6.45, 7) is 10.2. The van der Waals surface area contributed by atoms with Crippen LogP contribution in [0.25, 0.3) is 11.0 Å². The number of hydrogen-bond acceptors (Lipinski definition) is 3. The average Bonchev–Trinajstić information content (AvgIpc) is 2.81. The predicted octanol–water partition coefficient (Wildman–Crippen LogP) is 3.07. The first kappa shape index (κ1) is 13.7. The fourth-order valence-corrected chi connectivity index (χ4v) is 1.97. The summed E-state index contributed by atoms with van der Waals surface area (Å²) in [5, 5.41) is 8.90. The van der Waals surface area contributed by atoms with E-state index < -0.39 is 0 Å². The topological polar surface area (TPSA) is 42.7 Å². The molecule has 0 fully saturated rings. The van der Waals surface area contributed by atoms with Crippen LogP contribution in [0.1, 0.15) is 39.3 Å². The second-order valence-electron chi connectivity index (χ2n) is 5.18. The molecular weight excluding hydrogens is 236 g/mol. The highest BCUT2D eigenvalue weighted by Gasteiger charge is 2.07. The van der Waals surface area contributed by atoms with Crippen molar-refractivity contribution in [1.82, 2.24) is 20.1 Å². The molecule has 0 amide bonds. The zero-order valence-electron chi connectivity index (χ0n) is 12.1. The zero-order chi connectivity index (χ0) is 13.8. The van der Waals surface area contributed by atoms with E-state index in [2.05, 4.69) is 55.2 Å². The number of rotatable bonds is 5. The summed E-state index contributed by atoms with van der Waals surface area (Å²) in [4.78, 5) is 4.53. The molecule has 19 heavy (non-hydrogen) atoms. The van der Waals surface area contributed by atoms with Crippen LogP contribution in [0.5, 0.6) is 0 Å². The Morgan fingerprint density at radius 3 is 2.89 bits per heavy atom. The van der Waals surface area contributed by atoms with E-state index in [0.717, 1.165) is 24.1 Å². The maximum Gasteiger partial charge on any atom is 0.157 e. The molecule has 2 aromatic heterocycles. The van der Waals surface area contributed by atoms with Crippen LogP contribution in [-0.2, 0) is 6.54 Å². The quantitative estimate of drug-likeness (QED) is 0.838. The fourth-order valence-electron chi connectivity index (χ4n) is 1.97. The molecule has 0 aliphatic rings. The van der Waals surface area contributed by atoms with Crippen LogP contribution in [0.4, 0.5) is 0 Å². The molecule has 0 aliphatic heterocycles. The van der Waals surface area contributed by atoms with Crippen LogP contribution in [0.2, 0.25) is 0 Å². The molecule has 2 heterocycles. The van der Waals surface area contributed by atoms with Gasteiger partial charge in [0.05, 0.1) is 6.20 Å². The van der Waals surface area contributed by atoms with Gasteiger partial charge in [0.1, 0.15) is 0 Å². The van der Waals surface area contributed by atoms with Crippen molar-refractivity contribution < 1.29 is 0 Å². The molecule has 2 aromatic rings. The molecule has 4 heteroatoms. The molecule has 0 aliphatic carbocycles.